The van der Waals surface area contributed by atoms with Crippen molar-refractivity contribution in [1.29, 1.82) is 0 Å². The molecule has 2 aromatic rings. The summed E-state index contributed by atoms with van der Waals surface area (Å²) in [6.07, 6.45) is 0.715. The Morgan fingerprint density at radius 3 is 2.25 bits per heavy atom. The molecule has 1 N–H and O–H groups in total. The average Bonchev–Trinajstić information content (AvgIpc) is 2.97. The first-order chi connectivity index (χ1) is 15.2. The monoisotopic (exact) mass is 435 g/mol. The number of anilines is 2. The van der Waals surface area contributed by atoms with Gasteiger partial charge in [-0.15, -0.1) is 0 Å². The van der Waals surface area contributed by atoms with Crippen LogP contribution in [0.5, 0.6) is 0 Å². The second-order valence-corrected chi connectivity index (χ2v) is 8.65. The molecule has 170 valence electrons. The normalized spacial score (nSPS) is 14.0. The Balaban J connectivity index is 1.92. The number of hydrogen-bond donors (Lipinski definition) is 1. The molecule has 0 spiro atoms. The fraction of sp³-hybridized carbons (Fsp3) is 0.385. The zero-order valence-corrected chi connectivity index (χ0v) is 19.9. The topological polar surface area (TPSA) is 61.9 Å². The van der Waals surface area contributed by atoms with Gasteiger partial charge in [-0.25, -0.2) is 0 Å². The maximum atomic E-state index is 13.3. The minimum absolute atomic E-state index is 0.117. The van der Waals surface area contributed by atoms with Gasteiger partial charge in [0.2, 0.25) is 0 Å². The van der Waals surface area contributed by atoms with Gasteiger partial charge >= 0.3 is 0 Å². The summed E-state index contributed by atoms with van der Waals surface area (Å²) in [7, 11) is 3.95. The number of ether oxygens (including phenoxy) is 1. The highest BCUT2D eigenvalue weighted by atomic mass is 16.5. The summed E-state index contributed by atoms with van der Waals surface area (Å²) in [5, 5.41) is 3.23. The van der Waals surface area contributed by atoms with Gasteiger partial charge in [0.15, 0.2) is 0 Å². The van der Waals surface area contributed by atoms with E-state index in [2.05, 4.69) is 5.32 Å². The summed E-state index contributed by atoms with van der Waals surface area (Å²) >= 11 is 0. The molecule has 1 heterocycles. The highest BCUT2D eigenvalue weighted by Crippen LogP contribution is 2.32. The van der Waals surface area contributed by atoms with Gasteiger partial charge in [-0.2, -0.15) is 0 Å². The highest BCUT2D eigenvalue weighted by molar-refractivity contribution is 6.36. The highest BCUT2D eigenvalue weighted by Gasteiger charge is 2.39. The predicted octanol–water partition coefficient (Wildman–Crippen LogP) is 4.38. The van der Waals surface area contributed by atoms with E-state index in [1.54, 1.807) is 0 Å². The number of benzene rings is 2. The summed E-state index contributed by atoms with van der Waals surface area (Å²) in [6, 6.07) is 13.6. The van der Waals surface area contributed by atoms with Crippen LogP contribution in [-0.2, 0) is 14.3 Å². The van der Waals surface area contributed by atoms with Crippen molar-refractivity contribution in [1.82, 2.24) is 4.90 Å². The number of carbonyl (C=O) groups excluding carboxylic acids is 2. The summed E-state index contributed by atoms with van der Waals surface area (Å²) in [5.41, 5.74) is 5.52. The minimum Gasteiger partial charge on any atom is -0.379 e. The van der Waals surface area contributed by atoms with Crippen LogP contribution in [0.2, 0.25) is 0 Å². The molecule has 0 atom stereocenters. The molecule has 1 aliphatic rings. The van der Waals surface area contributed by atoms with Crippen molar-refractivity contribution in [3.63, 3.8) is 0 Å². The van der Waals surface area contributed by atoms with Crippen molar-refractivity contribution in [2.75, 3.05) is 37.5 Å². The smallest absolute Gasteiger partial charge is 0.278 e. The molecule has 0 saturated heterocycles. The van der Waals surface area contributed by atoms with Crippen molar-refractivity contribution < 1.29 is 14.3 Å². The zero-order chi connectivity index (χ0) is 23.4. The lowest BCUT2D eigenvalue weighted by molar-refractivity contribution is -0.137. The van der Waals surface area contributed by atoms with Gasteiger partial charge in [0.25, 0.3) is 11.8 Å². The third-order valence-corrected chi connectivity index (χ3v) is 5.59. The van der Waals surface area contributed by atoms with Crippen LogP contribution in [0.15, 0.2) is 48.2 Å². The minimum atomic E-state index is -0.301. The van der Waals surface area contributed by atoms with Crippen LogP contribution in [0, 0.1) is 13.8 Å². The van der Waals surface area contributed by atoms with Crippen molar-refractivity contribution in [2.45, 2.75) is 40.2 Å². The molecular weight excluding hydrogens is 402 g/mol. The first-order valence-electron chi connectivity index (χ1n) is 11.0. The van der Waals surface area contributed by atoms with E-state index in [1.165, 1.54) is 4.90 Å². The van der Waals surface area contributed by atoms with E-state index in [0.717, 1.165) is 28.1 Å². The van der Waals surface area contributed by atoms with E-state index in [0.29, 0.717) is 30.8 Å². The molecule has 3 rings (SSSR count). The van der Waals surface area contributed by atoms with E-state index in [-0.39, 0.29) is 17.9 Å². The second-order valence-electron chi connectivity index (χ2n) is 8.65. The Morgan fingerprint density at radius 2 is 1.66 bits per heavy atom. The summed E-state index contributed by atoms with van der Waals surface area (Å²) < 4.78 is 5.58. The number of nitrogens with zero attached hydrogens (tertiary/aromatic N) is 2. The molecule has 2 amide bonds. The molecule has 0 bridgehead atoms. The number of hydrogen-bond acceptors (Lipinski definition) is 5. The lowest BCUT2D eigenvalue weighted by atomic mass is 9.99. The van der Waals surface area contributed by atoms with E-state index in [9.17, 15) is 9.59 Å². The number of aryl methyl sites for hydroxylation is 2. The van der Waals surface area contributed by atoms with Gasteiger partial charge in [-0.05, 0) is 75.1 Å². The maximum Gasteiger partial charge on any atom is 0.278 e. The molecular formula is C26H33N3O3. The fourth-order valence-corrected chi connectivity index (χ4v) is 3.59. The SMILES string of the molecule is Cc1ccc(C2=C(Nc3ccc(N(C)C)cc3)C(=O)N(CCCOC(C)C)C2=O)cc1C. The quantitative estimate of drug-likeness (QED) is 0.468. The molecule has 32 heavy (non-hydrogen) atoms. The van der Waals surface area contributed by atoms with Gasteiger partial charge in [-0.1, -0.05) is 18.2 Å². The van der Waals surface area contributed by atoms with Crippen LogP contribution in [0.3, 0.4) is 0 Å². The Hall–Kier alpha value is -3.12. The van der Waals surface area contributed by atoms with Crippen LogP contribution in [0.4, 0.5) is 11.4 Å². The lowest BCUT2D eigenvalue weighted by Crippen LogP contribution is -2.34. The number of imide groups is 1. The van der Waals surface area contributed by atoms with E-state index in [1.807, 2.05) is 89.2 Å². The van der Waals surface area contributed by atoms with Gasteiger partial charge < -0.3 is 15.0 Å². The van der Waals surface area contributed by atoms with Crippen molar-refractivity contribution >= 4 is 28.8 Å². The van der Waals surface area contributed by atoms with Crippen molar-refractivity contribution in [3.05, 3.63) is 64.9 Å². The molecule has 6 nitrogen and oxygen atoms in total. The number of amides is 2. The van der Waals surface area contributed by atoms with Crippen LogP contribution in [-0.4, -0.2) is 50.1 Å². The Labute approximate surface area is 190 Å². The van der Waals surface area contributed by atoms with Gasteiger partial charge in [0.05, 0.1) is 11.7 Å². The first kappa shape index (κ1) is 23.5. The van der Waals surface area contributed by atoms with Gasteiger partial charge in [-0.3, -0.25) is 14.5 Å². The summed E-state index contributed by atoms with van der Waals surface area (Å²) in [4.78, 5) is 30.0. The Kier molecular flexibility index (Phi) is 7.36. The first-order valence-corrected chi connectivity index (χ1v) is 11.0. The second kappa shape index (κ2) is 10.0. The predicted molar refractivity (Wildman–Crippen MR) is 130 cm³/mol. The third kappa shape index (κ3) is 5.19. The van der Waals surface area contributed by atoms with Gasteiger partial charge in [0.1, 0.15) is 5.70 Å². The van der Waals surface area contributed by atoms with Crippen LogP contribution >= 0.6 is 0 Å². The summed E-state index contributed by atoms with van der Waals surface area (Å²) in [6.45, 7) is 8.80. The Morgan fingerprint density at radius 1 is 0.969 bits per heavy atom. The molecule has 0 unspecified atom stereocenters. The van der Waals surface area contributed by atoms with Crippen LogP contribution in [0.25, 0.3) is 5.57 Å². The standard InChI is InChI=1S/C26H33N3O3/c1-17(2)32-15-7-14-29-25(30)23(20-9-8-18(3)19(4)16-20)24(26(29)31)27-21-10-12-22(13-11-21)28(5)6/h8-13,16-17,27H,7,14-15H2,1-6H3. The molecule has 2 aromatic carbocycles. The largest absolute Gasteiger partial charge is 0.379 e. The summed E-state index contributed by atoms with van der Waals surface area (Å²) in [5.74, 6) is -0.570. The van der Waals surface area contributed by atoms with E-state index < -0.39 is 0 Å². The molecule has 0 aromatic heterocycles. The van der Waals surface area contributed by atoms with Crippen molar-refractivity contribution in [3.8, 4) is 0 Å². The number of rotatable bonds is 9. The maximum absolute atomic E-state index is 13.3. The number of nitrogens with one attached hydrogen (secondary N) is 1. The molecule has 0 radical (unpaired) electrons. The molecule has 1 aliphatic heterocycles. The number of carbonyl (C=O) groups is 2. The van der Waals surface area contributed by atoms with E-state index >= 15 is 0 Å². The van der Waals surface area contributed by atoms with Crippen molar-refractivity contribution in [2.24, 2.45) is 0 Å². The van der Waals surface area contributed by atoms with Gasteiger partial charge in [0, 0.05) is 38.6 Å². The average molecular weight is 436 g/mol. The fourth-order valence-electron chi connectivity index (χ4n) is 3.59. The van der Waals surface area contributed by atoms with Crippen LogP contribution < -0.4 is 10.2 Å². The lowest BCUT2D eigenvalue weighted by Gasteiger charge is -2.16. The zero-order valence-electron chi connectivity index (χ0n) is 19.9. The van der Waals surface area contributed by atoms with Crippen LogP contribution in [0.1, 0.15) is 37.0 Å². The Bertz CT molecular complexity index is 1020. The molecule has 6 heteroatoms. The van der Waals surface area contributed by atoms with E-state index in [4.69, 9.17) is 4.74 Å². The molecule has 0 fully saturated rings. The molecule has 0 aliphatic carbocycles. The molecule has 0 saturated carbocycles. The third-order valence-electron chi connectivity index (χ3n) is 5.59.